The lowest BCUT2D eigenvalue weighted by Gasteiger charge is -2.36. The van der Waals surface area contributed by atoms with Crippen molar-refractivity contribution >= 4 is 17.8 Å². The van der Waals surface area contributed by atoms with Gasteiger partial charge in [0.25, 0.3) is 0 Å². The molecule has 2 amide bonds. The molecule has 0 bridgehead atoms. The van der Waals surface area contributed by atoms with E-state index in [1.54, 1.807) is 20.1 Å². The minimum Gasteiger partial charge on any atom is -0.381 e. The van der Waals surface area contributed by atoms with E-state index < -0.39 is 11.6 Å². The molecular formula is C21H25FN2O4S. The Kier molecular flexibility index (Phi) is 7.13. The molecule has 156 valence electrons. The van der Waals surface area contributed by atoms with E-state index in [-0.39, 0.29) is 11.9 Å². The van der Waals surface area contributed by atoms with E-state index in [1.165, 1.54) is 17.8 Å². The van der Waals surface area contributed by atoms with Gasteiger partial charge < -0.3 is 15.2 Å². The number of nitrogens with two attached hydrogens (primary N) is 1. The van der Waals surface area contributed by atoms with Crippen molar-refractivity contribution in [3.8, 4) is 0 Å². The van der Waals surface area contributed by atoms with Crippen LogP contribution in [0.15, 0.2) is 52.3 Å². The molecule has 0 radical (unpaired) electrons. The Morgan fingerprint density at radius 2 is 1.90 bits per heavy atom. The SMILES string of the molecule is COC1(c2cc(F)cc(Sc3ccc(C(C)ONC(N)=O)cc3)c2)CCOCC1. The molecule has 29 heavy (non-hydrogen) atoms. The molecule has 1 heterocycles. The largest absolute Gasteiger partial charge is 0.381 e. The third-order valence-electron chi connectivity index (χ3n) is 5.01. The summed E-state index contributed by atoms with van der Waals surface area (Å²) in [7, 11) is 1.66. The number of hydroxylamine groups is 1. The maximum Gasteiger partial charge on any atom is 0.336 e. The number of hydrogen-bond acceptors (Lipinski definition) is 5. The summed E-state index contributed by atoms with van der Waals surface area (Å²) in [5.41, 5.74) is 8.32. The molecule has 6 nitrogen and oxygen atoms in total. The predicted octanol–water partition coefficient (Wildman–Crippen LogP) is 4.29. The van der Waals surface area contributed by atoms with Crippen LogP contribution in [0.2, 0.25) is 0 Å². The van der Waals surface area contributed by atoms with Crippen LogP contribution in [0.3, 0.4) is 0 Å². The number of nitrogens with one attached hydrogen (secondary N) is 1. The van der Waals surface area contributed by atoms with Gasteiger partial charge in [-0.25, -0.2) is 14.7 Å². The number of ether oxygens (including phenoxy) is 2. The van der Waals surface area contributed by atoms with Gasteiger partial charge in [0.1, 0.15) is 11.9 Å². The Labute approximate surface area is 173 Å². The molecule has 3 N–H and O–H groups in total. The lowest BCUT2D eigenvalue weighted by atomic mass is 9.86. The molecule has 3 rings (SSSR count). The number of carbonyl (C=O) groups excluding carboxylic acids is 1. The van der Waals surface area contributed by atoms with E-state index >= 15 is 0 Å². The van der Waals surface area contributed by atoms with Crippen molar-refractivity contribution in [3.05, 3.63) is 59.4 Å². The number of carbonyl (C=O) groups is 1. The highest BCUT2D eigenvalue weighted by Crippen LogP contribution is 2.39. The third-order valence-corrected chi connectivity index (χ3v) is 5.99. The Balaban J connectivity index is 1.75. The third kappa shape index (κ3) is 5.48. The van der Waals surface area contributed by atoms with Gasteiger partial charge in [-0.3, -0.25) is 4.84 Å². The maximum absolute atomic E-state index is 14.4. The molecule has 1 fully saturated rings. The Morgan fingerprint density at radius 3 is 2.52 bits per heavy atom. The summed E-state index contributed by atoms with van der Waals surface area (Å²) in [5, 5.41) is 0. The molecule has 1 unspecified atom stereocenters. The first-order valence-corrected chi connectivity index (χ1v) is 10.2. The van der Waals surface area contributed by atoms with Crippen molar-refractivity contribution in [1.82, 2.24) is 5.48 Å². The van der Waals surface area contributed by atoms with Gasteiger partial charge in [-0.1, -0.05) is 23.9 Å². The summed E-state index contributed by atoms with van der Waals surface area (Å²) >= 11 is 1.47. The number of halogens is 1. The number of rotatable bonds is 7. The fourth-order valence-electron chi connectivity index (χ4n) is 3.35. The number of methoxy groups -OCH3 is 1. The second kappa shape index (κ2) is 9.58. The zero-order valence-electron chi connectivity index (χ0n) is 16.4. The van der Waals surface area contributed by atoms with Gasteiger partial charge in [-0.15, -0.1) is 0 Å². The zero-order chi connectivity index (χ0) is 20.9. The number of benzene rings is 2. The Bertz CT molecular complexity index is 841. The normalized spacial score (nSPS) is 16.9. The van der Waals surface area contributed by atoms with Gasteiger partial charge in [0.05, 0.1) is 5.60 Å². The molecule has 1 saturated heterocycles. The van der Waals surface area contributed by atoms with Crippen LogP contribution in [0.25, 0.3) is 0 Å². The second-order valence-corrected chi connectivity index (χ2v) is 8.03. The van der Waals surface area contributed by atoms with Crippen LogP contribution < -0.4 is 11.2 Å². The van der Waals surface area contributed by atoms with Crippen molar-refractivity contribution in [1.29, 1.82) is 0 Å². The van der Waals surface area contributed by atoms with Gasteiger partial charge >= 0.3 is 6.03 Å². The van der Waals surface area contributed by atoms with E-state index in [9.17, 15) is 9.18 Å². The number of amides is 2. The van der Waals surface area contributed by atoms with E-state index in [0.29, 0.717) is 26.1 Å². The van der Waals surface area contributed by atoms with E-state index in [0.717, 1.165) is 20.9 Å². The smallest absolute Gasteiger partial charge is 0.336 e. The standard InChI is InChI=1S/C21H25FN2O4S/c1-14(28-24-20(23)25)15-3-5-18(6-4-15)29-19-12-16(11-17(22)13-19)21(26-2)7-9-27-10-8-21/h3-6,11-14H,7-10H2,1-2H3,(H3,23,24,25). The summed E-state index contributed by atoms with van der Waals surface area (Å²) in [6, 6.07) is 11.9. The molecule has 0 aliphatic carbocycles. The van der Waals surface area contributed by atoms with Gasteiger partial charge in [-0.2, -0.15) is 0 Å². The monoisotopic (exact) mass is 420 g/mol. The molecule has 1 atom stereocenters. The first-order valence-electron chi connectivity index (χ1n) is 9.35. The zero-order valence-corrected chi connectivity index (χ0v) is 17.3. The summed E-state index contributed by atoms with van der Waals surface area (Å²) in [4.78, 5) is 17.7. The van der Waals surface area contributed by atoms with E-state index in [1.807, 2.05) is 30.3 Å². The molecule has 2 aromatic rings. The first-order chi connectivity index (χ1) is 13.9. The van der Waals surface area contributed by atoms with Crippen LogP contribution in [-0.2, 0) is 19.9 Å². The lowest BCUT2D eigenvalue weighted by Crippen LogP contribution is -2.35. The van der Waals surface area contributed by atoms with Gasteiger partial charge in [0.2, 0.25) is 0 Å². The highest BCUT2D eigenvalue weighted by Gasteiger charge is 2.35. The van der Waals surface area contributed by atoms with Gasteiger partial charge in [0.15, 0.2) is 0 Å². The Hall–Kier alpha value is -2.13. The van der Waals surface area contributed by atoms with Crippen LogP contribution in [0, 0.1) is 5.82 Å². The van der Waals surface area contributed by atoms with Gasteiger partial charge in [0, 0.05) is 43.0 Å². The average molecular weight is 421 g/mol. The topological polar surface area (TPSA) is 82.8 Å². The molecule has 1 aliphatic rings. The fraction of sp³-hybridized carbons (Fsp3) is 0.381. The van der Waals surface area contributed by atoms with Crippen molar-refractivity contribution < 1.29 is 23.5 Å². The van der Waals surface area contributed by atoms with Crippen LogP contribution in [0.5, 0.6) is 0 Å². The second-order valence-electron chi connectivity index (χ2n) is 6.88. The fourth-order valence-corrected chi connectivity index (χ4v) is 4.26. The molecule has 0 aromatic heterocycles. The van der Waals surface area contributed by atoms with Crippen molar-refractivity contribution in [2.24, 2.45) is 5.73 Å². The minimum atomic E-state index is -0.746. The maximum atomic E-state index is 14.4. The van der Waals surface area contributed by atoms with Crippen molar-refractivity contribution in [2.45, 2.75) is 41.3 Å². The quantitative estimate of drug-likeness (QED) is 0.653. The van der Waals surface area contributed by atoms with E-state index in [4.69, 9.17) is 20.0 Å². The molecule has 8 heteroatoms. The molecule has 0 saturated carbocycles. The summed E-state index contributed by atoms with van der Waals surface area (Å²) in [5.74, 6) is -0.288. The van der Waals surface area contributed by atoms with Gasteiger partial charge in [-0.05, 0) is 48.4 Å². The molecular weight excluding hydrogens is 395 g/mol. The number of urea groups is 1. The van der Waals surface area contributed by atoms with Crippen LogP contribution in [0.1, 0.15) is 37.0 Å². The van der Waals surface area contributed by atoms with Crippen LogP contribution >= 0.6 is 11.8 Å². The average Bonchev–Trinajstić information content (AvgIpc) is 2.72. The van der Waals surface area contributed by atoms with Crippen LogP contribution in [-0.4, -0.2) is 26.4 Å². The number of primary amides is 1. The highest BCUT2D eigenvalue weighted by molar-refractivity contribution is 7.99. The summed E-state index contributed by atoms with van der Waals surface area (Å²) < 4.78 is 25.6. The molecule has 0 spiro atoms. The van der Waals surface area contributed by atoms with Crippen molar-refractivity contribution in [2.75, 3.05) is 20.3 Å². The van der Waals surface area contributed by atoms with Crippen molar-refractivity contribution in [3.63, 3.8) is 0 Å². The number of hydrogen-bond donors (Lipinski definition) is 2. The Morgan fingerprint density at radius 1 is 1.21 bits per heavy atom. The predicted molar refractivity (Wildman–Crippen MR) is 108 cm³/mol. The molecule has 1 aliphatic heterocycles. The summed E-state index contributed by atoms with van der Waals surface area (Å²) in [6.45, 7) is 2.99. The first kappa shape index (κ1) is 21.6. The minimum absolute atomic E-state index is 0.288. The van der Waals surface area contributed by atoms with E-state index in [2.05, 4.69) is 5.48 Å². The highest BCUT2D eigenvalue weighted by atomic mass is 32.2. The lowest BCUT2D eigenvalue weighted by molar-refractivity contribution is -0.0950. The summed E-state index contributed by atoms with van der Waals surface area (Å²) in [6.07, 6.45) is 1.05. The van der Waals surface area contributed by atoms with Crippen LogP contribution in [0.4, 0.5) is 9.18 Å². The molecule has 2 aromatic carbocycles.